The number of hydrogen-bond donors (Lipinski definition) is 1. The van der Waals surface area contributed by atoms with Gasteiger partial charge in [0.2, 0.25) is 0 Å². The molecule has 2 N–H and O–H groups in total. The summed E-state index contributed by atoms with van der Waals surface area (Å²) in [7, 11) is 0. The molecule has 1 atom stereocenters. The molecule has 2 nitrogen and oxygen atoms in total. The van der Waals surface area contributed by atoms with E-state index in [-0.39, 0.29) is 5.54 Å². The standard InChI is InChI=1S/C12H26N2/c1-4-11-8-7-9-14(11)10-12(13,5-2)6-3/h11H,4-10,13H2,1-3H3. The lowest BCUT2D eigenvalue weighted by molar-refractivity contribution is 0.182. The Hall–Kier alpha value is -0.0800. The summed E-state index contributed by atoms with van der Waals surface area (Å²) in [5.41, 5.74) is 6.40. The number of rotatable bonds is 5. The molecule has 0 bridgehead atoms. The van der Waals surface area contributed by atoms with Crippen molar-refractivity contribution in [3.05, 3.63) is 0 Å². The number of nitrogens with zero attached hydrogens (tertiary/aromatic N) is 1. The monoisotopic (exact) mass is 198 g/mol. The molecule has 1 rings (SSSR count). The quantitative estimate of drug-likeness (QED) is 0.735. The summed E-state index contributed by atoms with van der Waals surface area (Å²) in [6.07, 6.45) is 6.21. The first-order valence-electron chi connectivity index (χ1n) is 6.18. The van der Waals surface area contributed by atoms with Crippen LogP contribution in [0.1, 0.15) is 52.9 Å². The van der Waals surface area contributed by atoms with E-state index in [0.29, 0.717) is 0 Å². The van der Waals surface area contributed by atoms with E-state index in [1.165, 1.54) is 25.8 Å². The van der Waals surface area contributed by atoms with E-state index >= 15 is 0 Å². The van der Waals surface area contributed by atoms with Crippen molar-refractivity contribution in [2.75, 3.05) is 13.1 Å². The number of hydrogen-bond acceptors (Lipinski definition) is 2. The summed E-state index contributed by atoms with van der Waals surface area (Å²) in [5, 5.41) is 0. The molecule has 0 aliphatic carbocycles. The van der Waals surface area contributed by atoms with Gasteiger partial charge in [0, 0.05) is 18.1 Å². The van der Waals surface area contributed by atoms with Crippen LogP contribution in [0.15, 0.2) is 0 Å². The first kappa shape index (κ1) is 12.0. The zero-order chi connectivity index (χ0) is 10.6. The molecule has 0 spiro atoms. The van der Waals surface area contributed by atoms with Crippen molar-refractivity contribution in [1.82, 2.24) is 4.90 Å². The summed E-state index contributed by atoms with van der Waals surface area (Å²) in [5.74, 6) is 0. The van der Waals surface area contributed by atoms with Gasteiger partial charge in [0.05, 0.1) is 0 Å². The van der Waals surface area contributed by atoms with Crippen LogP contribution in [0.5, 0.6) is 0 Å². The third-order valence-electron chi connectivity index (χ3n) is 3.90. The molecule has 1 aliphatic rings. The second-order valence-corrected chi connectivity index (χ2v) is 4.74. The fraction of sp³-hybridized carbons (Fsp3) is 1.00. The first-order chi connectivity index (χ1) is 6.65. The lowest BCUT2D eigenvalue weighted by Gasteiger charge is -2.34. The molecule has 84 valence electrons. The normalized spacial score (nSPS) is 24.4. The molecule has 0 aromatic heterocycles. The molecule has 0 radical (unpaired) electrons. The van der Waals surface area contributed by atoms with Crippen LogP contribution in [-0.4, -0.2) is 29.6 Å². The van der Waals surface area contributed by atoms with Crippen LogP contribution >= 0.6 is 0 Å². The minimum Gasteiger partial charge on any atom is -0.324 e. The Labute approximate surface area is 88.8 Å². The fourth-order valence-electron chi connectivity index (χ4n) is 2.44. The molecule has 0 aromatic rings. The van der Waals surface area contributed by atoms with Gasteiger partial charge in [0.15, 0.2) is 0 Å². The third-order valence-corrected chi connectivity index (χ3v) is 3.90. The maximum absolute atomic E-state index is 6.35. The zero-order valence-electron chi connectivity index (χ0n) is 10.1. The molecule has 1 saturated heterocycles. The Bertz CT molecular complexity index is 164. The largest absolute Gasteiger partial charge is 0.324 e. The van der Waals surface area contributed by atoms with Gasteiger partial charge in [-0.3, -0.25) is 4.90 Å². The molecule has 1 aliphatic heterocycles. The van der Waals surface area contributed by atoms with Crippen molar-refractivity contribution in [1.29, 1.82) is 0 Å². The van der Waals surface area contributed by atoms with Crippen molar-refractivity contribution >= 4 is 0 Å². The second kappa shape index (κ2) is 5.13. The molecule has 1 heterocycles. The fourth-order valence-corrected chi connectivity index (χ4v) is 2.44. The maximum atomic E-state index is 6.35. The number of likely N-dealkylation sites (tertiary alicyclic amines) is 1. The van der Waals surface area contributed by atoms with E-state index in [1.54, 1.807) is 0 Å². The van der Waals surface area contributed by atoms with Crippen molar-refractivity contribution in [3.8, 4) is 0 Å². The van der Waals surface area contributed by atoms with Gasteiger partial charge in [-0.2, -0.15) is 0 Å². The van der Waals surface area contributed by atoms with Gasteiger partial charge in [0.1, 0.15) is 0 Å². The van der Waals surface area contributed by atoms with Gasteiger partial charge < -0.3 is 5.73 Å². The minimum atomic E-state index is 0.0533. The molecule has 0 aromatic carbocycles. The van der Waals surface area contributed by atoms with Gasteiger partial charge in [-0.05, 0) is 38.6 Å². The van der Waals surface area contributed by atoms with Crippen LogP contribution in [0.3, 0.4) is 0 Å². The van der Waals surface area contributed by atoms with Crippen LogP contribution in [0.2, 0.25) is 0 Å². The summed E-state index contributed by atoms with van der Waals surface area (Å²) in [6, 6.07) is 0.802. The van der Waals surface area contributed by atoms with Gasteiger partial charge in [0.25, 0.3) is 0 Å². The summed E-state index contributed by atoms with van der Waals surface area (Å²) in [6.45, 7) is 9.07. The molecule has 14 heavy (non-hydrogen) atoms. The summed E-state index contributed by atoms with van der Waals surface area (Å²) in [4.78, 5) is 2.60. The SMILES string of the molecule is CCC1CCCN1CC(N)(CC)CC. The Kier molecular flexibility index (Phi) is 4.39. The Morgan fingerprint density at radius 1 is 1.29 bits per heavy atom. The predicted molar refractivity (Wildman–Crippen MR) is 62.4 cm³/mol. The van der Waals surface area contributed by atoms with E-state index < -0.39 is 0 Å². The zero-order valence-corrected chi connectivity index (χ0v) is 10.1. The minimum absolute atomic E-state index is 0.0533. The van der Waals surface area contributed by atoms with Crippen LogP contribution in [-0.2, 0) is 0 Å². The molecular weight excluding hydrogens is 172 g/mol. The Morgan fingerprint density at radius 2 is 1.93 bits per heavy atom. The second-order valence-electron chi connectivity index (χ2n) is 4.74. The highest BCUT2D eigenvalue weighted by Gasteiger charge is 2.29. The van der Waals surface area contributed by atoms with Crippen molar-refractivity contribution in [3.63, 3.8) is 0 Å². The van der Waals surface area contributed by atoms with Crippen molar-refractivity contribution < 1.29 is 0 Å². The molecular formula is C12H26N2. The Balaban J connectivity index is 2.49. The lowest BCUT2D eigenvalue weighted by Crippen LogP contribution is -2.50. The highest BCUT2D eigenvalue weighted by Crippen LogP contribution is 2.23. The summed E-state index contributed by atoms with van der Waals surface area (Å²) >= 11 is 0. The summed E-state index contributed by atoms with van der Waals surface area (Å²) < 4.78 is 0. The van der Waals surface area contributed by atoms with Crippen LogP contribution in [0.4, 0.5) is 0 Å². The van der Waals surface area contributed by atoms with Gasteiger partial charge in [-0.1, -0.05) is 20.8 Å². The van der Waals surface area contributed by atoms with E-state index in [0.717, 1.165) is 25.4 Å². The van der Waals surface area contributed by atoms with E-state index in [9.17, 15) is 0 Å². The van der Waals surface area contributed by atoms with Gasteiger partial charge in [-0.15, -0.1) is 0 Å². The van der Waals surface area contributed by atoms with Crippen molar-refractivity contribution in [2.24, 2.45) is 5.73 Å². The average Bonchev–Trinajstić information content (AvgIpc) is 2.65. The van der Waals surface area contributed by atoms with E-state index in [2.05, 4.69) is 25.7 Å². The van der Waals surface area contributed by atoms with E-state index in [4.69, 9.17) is 5.73 Å². The smallest absolute Gasteiger partial charge is 0.0278 e. The topological polar surface area (TPSA) is 29.3 Å². The average molecular weight is 198 g/mol. The van der Waals surface area contributed by atoms with Crippen LogP contribution in [0.25, 0.3) is 0 Å². The van der Waals surface area contributed by atoms with E-state index in [1.807, 2.05) is 0 Å². The first-order valence-corrected chi connectivity index (χ1v) is 6.18. The molecule has 1 unspecified atom stereocenters. The number of nitrogens with two attached hydrogens (primary N) is 1. The predicted octanol–water partition coefficient (Wildman–Crippen LogP) is 2.38. The molecule has 0 amide bonds. The lowest BCUT2D eigenvalue weighted by atomic mass is 9.93. The molecule has 2 heteroatoms. The highest BCUT2D eigenvalue weighted by molar-refractivity contribution is 4.89. The Morgan fingerprint density at radius 3 is 2.43 bits per heavy atom. The highest BCUT2D eigenvalue weighted by atomic mass is 15.2. The van der Waals surface area contributed by atoms with Crippen LogP contribution < -0.4 is 5.73 Å². The molecule has 0 saturated carbocycles. The maximum Gasteiger partial charge on any atom is 0.0278 e. The van der Waals surface area contributed by atoms with Gasteiger partial charge >= 0.3 is 0 Å². The molecule has 1 fully saturated rings. The third kappa shape index (κ3) is 2.71. The van der Waals surface area contributed by atoms with Crippen LogP contribution in [0, 0.1) is 0 Å². The van der Waals surface area contributed by atoms with Crippen molar-refractivity contribution in [2.45, 2.75) is 64.5 Å². The van der Waals surface area contributed by atoms with Gasteiger partial charge in [-0.25, -0.2) is 0 Å².